The summed E-state index contributed by atoms with van der Waals surface area (Å²) in [6, 6.07) is 10.1. The van der Waals surface area contributed by atoms with Crippen molar-refractivity contribution in [3.63, 3.8) is 0 Å². The highest BCUT2D eigenvalue weighted by molar-refractivity contribution is 7.09. The smallest absolute Gasteiger partial charge is 0.0961 e. The molecule has 19 heavy (non-hydrogen) atoms. The second-order valence-electron chi connectivity index (χ2n) is 5.13. The molecule has 0 radical (unpaired) electrons. The summed E-state index contributed by atoms with van der Waals surface area (Å²) in [6.45, 7) is 4.22. The van der Waals surface area contributed by atoms with Crippen molar-refractivity contribution in [2.24, 2.45) is 11.7 Å². The number of nitrogens with two attached hydrogens (primary N) is 1. The maximum Gasteiger partial charge on any atom is 0.0961 e. The van der Waals surface area contributed by atoms with E-state index in [1.165, 1.54) is 0 Å². The number of thiazole rings is 1. The second kappa shape index (κ2) is 5.82. The maximum absolute atomic E-state index is 10.5. The van der Waals surface area contributed by atoms with E-state index in [1.807, 2.05) is 49.6 Å². The standard InChI is InChI=1S/C15H20N2OS/c1-11(2)15(18,10-16)8-14-17-13(9-19-14)12-6-4-3-5-7-12/h3-7,9,11,18H,8,10,16H2,1-2H3. The molecular weight excluding hydrogens is 256 g/mol. The Labute approximate surface area is 118 Å². The van der Waals surface area contributed by atoms with Gasteiger partial charge < -0.3 is 10.8 Å². The van der Waals surface area contributed by atoms with Crippen LogP contribution in [-0.4, -0.2) is 22.2 Å². The quantitative estimate of drug-likeness (QED) is 0.882. The summed E-state index contributed by atoms with van der Waals surface area (Å²) < 4.78 is 0. The number of aromatic nitrogens is 1. The fourth-order valence-electron chi connectivity index (χ4n) is 1.91. The summed E-state index contributed by atoms with van der Waals surface area (Å²) in [6.07, 6.45) is 0.513. The summed E-state index contributed by atoms with van der Waals surface area (Å²) in [5.74, 6) is 0.113. The fraction of sp³-hybridized carbons (Fsp3) is 0.400. The van der Waals surface area contributed by atoms with Crippen LogP contribution >= 0.6 is 11.3 Å². The Balaban J connectivity index is 2.18. The second-order valence-corrected chi connectivity index (χ2v) is 6.07. The molecular formula is C15H20N2OS. The average Bonchev–Trinajstić information content (AvgIpc) is 2.87. The normalized spacial score (nSPS) is 14.6. The molecule has 2 rings (SSSR count). The van der Waals surface area contributed by atoms with Gasteiger partial charge in [-0.05, 0) is 5.92 Å². The number of rotatable bonds is 5. The van der Waals surface area contributed by atoms with E-state index in [0.29, 0.717) is 6.42 Å². The molecule has 0 aliphatic carbocycles. The number of benzene rings is 1. The third-order valence-electron chi connectivity index (χ3n) is 3.51. The minimum absolute atomic E-state index is 0.113. The number of nitrogens with zero attached hydrogens (tertiary/aromatic N) is 1. The van der Waals surface area contributed by atoms with Crippen LogP contribution in [-0.2, 0) is 6.42 Å². The fourth-order valence-corrected chi connectivity index (χ4v) is 2.83. The summed E-state index contributed by atoms with van der Waals surface area (Å²) in [5, 5.41) is 13.4. The molecule has 1 atom stereocenters. The van der Waals surface area contributed by atoms with E-state index in [-0.39, 0.29) is 12.5 Å². The van der Waals surface area contributed by atoms with Crippen molar-refractivity contribution in [2.75, 3.05) is 6.54 Å². The minimum Gasteiger partial charge on any atom is -0.388 e. The largest absolute Gasteiger partial charge is 0.388 e. The number of aliphatic hydroxyl groups is 1. The summed E-state index contributed by atoms with van der Waals surface area (Å²) in [5.41, 5.74) is 6.90. The maximum atomic E-state index is 10.5. The Morgan fingerprint density at radius 2 is 2.00 bits per heavy atom. The predicted octanol–water partition coefficient (Wildman–Crippen LogP) is 2.70. The molecule has 3 N–H and O–H groups in total. The van der Waals surface area contributed by atoms with Crippen LogP contribution in [0.3, 0.4) is 0 Å². The van der Waals surface area contributed by atoms with Gasteiger partial charge >= 0.3 is 0 Å². The van der Waals surface area contributed by atoms with E-state index in [4.69, 9.17) is 5.73 Å². The van der Waals surface area contributed by atoms with Crippen LogP contribution in [0.25, 0.3) is 11.3 Å². The van der Waals surface area contributed by atoms with Gasteiger partial charge in [-0.3, -0.25) is 0 Å². The molecule has 3 nitrogen and oxygen atoms in total. The Kier molecular flexibility index (Phi) is 4.34. The third kappa shape index (κ3) is 3.21. The topological polar surface area (TPSA) is 59.1 Å². The lowest BCUT2D eigenvalue weighted by atomic mass is 9.87. The van der Waals surface area contributed by atoms with Crippen molar-refractivity contribution in [2.45, 2.75) is 25.9 Å². The Morgan fingerprint density at radius 1 is 1.32 bits per heavy atom. The van der Waals surface area contributed by atoms with E-state index in [1.54, 1.807) is 11.3 Å². The Hall–Kier alpha value is -1.23. The monoisotopic (exact) mass is 276 g/mol. The molecule has 0 saturated carbocycles. The lowest BCUT2D eigenvalue weighted by Gasteiger charge is -2.29. The van der Waals surface area contributed by atoms with Crippen molar-refractivity contribution < 1.29 is 5.11 Å². The van der Waals surface area contributed by atoms with Gasteiger partial charge in [-0.15, -0.1) is 11.3 Å². The van der Waals surface area contributed by atoms with E-state index in [0.717, 1.165) is 16.3 Å². The van der Waals surface area contributed by atoms with Gasteiger partial charge in [0.2, 0.25) is 0 Å². The summed E-state index contributed by atoms with van der Waals surface area (Å²) in [7, 11) is 0. The SMILES string of the molecule is CC(C)C(O)(CN)Cc1nc(-c2ccccc2)cs1. The van der Waals surface area contributed by atoms with Gasteiger partial charge in [0.15, 0.2) is 0 Å². The molecule has 0 aliphatic rings. The zero-order chi connectivity index (χ0) is 13.9. The van der Waals surface area contributed by atoms with Crippen LogP contribution in [0, 0.1) is 5.92 Å². The van der Waals surface area contributed by atoms with Gasteiger partial charge in [0.25, 0.3) is 0 Å². The van der Waals surface area contributed by atoms with Crippen molar-refractivity contribution in [3.8, 4) is 11.3 Å². The molecule has 1 unspecified atom stereocenters. The van der Waals surface area contributed by atoms with Crippen molar-refractivity contribution in [1.29, 1.82) is 0 Å². The lowest BCUT2D eigenvalue weighted by molar-refractivity contribution is 0.00406. The highest BCUT2D eigenvalue weighted by Crippen LogP contribution is 2.26. The predicted molar refractivity (Wildman–Crippen MR) is 80.1 cm³/mol. The van der Waals surface area contributed by atoms with E-state index in [9.17, 15) is 5.11 Å². The first-order valence-corrected chi connectivity index (χ1v) is 7.35. The summed E-state index contributed by atoms with van der Waals surface area (Å²) in [4.78, 5) is 4.60. The zero-order valence-electron chi connectivity index (χ0n) is 11.3. The lowest BCUT2D eigenvalue weighted by Crippen LogP contribution is -2.44. The molecule has 102 valence electrons. The highest BCUT2D eigenvalue weighted by atomic mass is 32.1. The molecule has 0 aliphatic heterocycles. The van der Waals surface area contributed by atoms with Crippen LogP contribution in [0.4, 0.5) is 0 Å². The van der Waals surface area contributed by atoms with E-state index >= 15 is 0 Å². The summed E-state index contributed by atoms with van der Waals surface area (Å²) >= 11 is 1.58. The van der Waals surface area contributed by atoms with Gasteiger partial charge in [0.1, 0.15) is 0 Å². The molecule has 0 fully saturated rings. The Bertz CT molecular complexity index is 524. The van der Waals surface area contributed by atoms with E-state index in [2.05, 4.69) is 4.98 Å². The van der Waals surface area contributed by atoms with Gasteiger partial charge in [-0.25, -0.2) is 4.98 Å². The van der Waals surface area contributed by atoms with Crippen LogP contribution in [0.2, 0.25) is 0 Å². The first kappa shape index (κ1) is 14.2. The van der Waals surface area contributed by atoms with Gasteiger partial charge in [-0.1, -0.05) is 44.2 Å². The van der Waals surface area contributed by atoms with Crippen molar-refractivity contribution in [3.05, 3.63) is 40.7 Å². The highest BCUT2D eigenvalue weighted by Gasteiger charge is 2.30. The van der Waals surface area contributed by atoms with Crippen LogP contribution in [0.15, 0.2) is 35.7 Å². The van der Waals surface area contributed by atoms with Crippen LogP contribution < -0.4 is 5.73 Å². The van der Waals surface area contributed by atoms with Crippen LogP contribution in [0.1, 0.15) is 18.9 Å². The molecule has 0 amide bonds. The van der Waals surface area contributed by atoms with Gasteiger partial charge in [0, 0.05) is 23.9 Å². The van der Waals surface area contributed by atoms with Crippen molar-refractivity contribution >= 4 is 11.3 Å². The van der Waals surface area contributed by atoms with E-state index < -0.39 is 5.60 Å². The average molecular weight is 276 g/mol. The van der Waals surface area contributed by atoms with Crippen molar-refractivity contribution in [1.82, 2.24) is 4.98 Å². The number of hydrogen-bond acceptors (Lipinski definition) is 4. The Morgan fingerprint density at radius 3 is 2.58 bits per heavy atom. The van der Waals surface area contributed by atoms with Gasteiger partial charge in [-0.2, -0.15) is 0 Å². The molecule has 0 spiro atoms. The van der Waals surface area contributed by atoms with Crippen LogP contribution in [0.5, 0.6) is 0 Å². The molecule has 0 saturated heterocycles. The molecule has 1 heterocycles. The molecule has 1 aromatic carbocycles. The third-order valence-corrected chi connectivity index (χ3v) is 4.36. The first-order valence-electron chi connectivity index (χ1n) is 6.47. The molecule has 0 bridgehead atoms. The number of hydrogen-bond donors (Lipinski definition) is 2. The minimum atomic E-state index is -0.869. The van der Waals surface area contributed by atoms with Gasteiger partial charge in [0.05, 0.1) is 16.3 Å². The molecule has 4 heteroatoms. The zero-order valence-corrected chi connectivity index (χ0v) is 12.2. The molecule has 2 aromatic rings. The first-order chi connectivity index (χ1) is 9.05. The molecule has 1 aromatic heterocycles.